The lowest BCUT2D eigenvalue weighted by Crippen LogP contribution is -2.51. The summed E-state index contributed by atoms with van der Waals surface area (Å²) < 4.78 is 65.4. The Morgan fingerprint density at radius 2 is 1.80 bits per heavy atom. The minimum Gasteiger partial charge on any atom is -0.481 e. The maximum Gasteiger partial charge on any atom is 0.406 e. The second kappa shape index (κ2) is 4.85. The molecule has 1 rings (SSSR count). The lowest BCUT2D eigenvalue weighted by Gasteiger charge is -2.28. The molecule has 0 radical (unpaired) electrons. The lowest BCUT2D eigenvalue weighted by molar-refractivity contribution is -0.226. The number of carbonyl (C=O) groups is 1. The summed E-state index contributed by atoms with van der Waals surface area (Å²) in [7, 11) is -4.16. The SMILES string of the molecule is CC(C)(C)NS(=O)(=O)N1CCC(C(=O)O)(C(F)(F)F)C1. The van der Waals surface area contributed by atoms with E-state index >= 15 is 0 Å². The maximum atomic E-state index is 12.9. The highest BCUT2D eigenvalue weighted by atomic mass is 32.2. The van der Waals surface area contributed by atoms with Crippen LogP contribution in [0, 0.1) is 5.41 Å². The fourth-order valence-corrected chi connectivity index (χ4v) is 3.58. The lowest BCUT2D eigenvalue weighted by atomic mass is 9.86. The van der Waals surface area contributed by atoms with Gasteiger partial charge in [-0.3, -0.25) is 4.79 Å². The molecule has 1 atom stereocenters. The van der Waals surface area contributed by atoms with Crippen LogP contribution in [0.4, 0.5) is 13.2 Å². The Morgan fingerprint density at radius 1 is 1.30 bits per heavy atom. The molecule has 0 saturated carbocycles. The van der Waals surface area contributed by atoms with E-state index < -0.39 is 52.8 Å². The molecule has 0 aromatic heterocycles. The highest BCUT2D eigenvalue weighted by Crippen LogP contribution is 2.46. The van der Waals surface area contributed by atoms with Crippen LogP contribution in [0.2, 0.25) is 0 Å². The van der Waals surface area contributed by atoms with Gasteiger partial charge >= 0.3 is 12.1 Å². The molecule has 1 fully saturated rings. The van der Waals surface area contributed by atoms with Gasteiger partial charge in [0.1, 0.15) is 0 Å². The van der Waals surface area contributed by atoms with Gasteiger partial charge in [0.25, 0.3) is 10.2 Å². The quantitative estimate of drug-likeness (QED) is 0.811. The summed E-state index contributed by atoms with van der Waals surface area (Å²) in [6, 6.07) is 0. The molecule has 1 aliphatic rings. The predicted molar refractivity (Wildman–Crippen MR) is 64.1 cm³/mol. The first-order valence-electron chi connectivity index (χ1n) is 5.80. The van der Waals surface area contributed by atoms with Crippen LogP contribution < -0.4 is 4.72 Å². The molecule has 1 unspecified atom stereocenters. The molecule has 0 aliphatic carbocycles. The van der Waals surface area contributed by atoms with Gasteiger partial charge in [0.05, 0.1) is 0 Å². The van der Waals surface area contributed by atoms with E-state index in [1.807, 2.05) is 0 Å². The normalized spacial score (nSPS) is 25.9. The Balaban J connectivity index is 3.04. The standard InChI is InChI=1S/C10H17F3N2O4S/c1-8(2,3)14-20(18,19)15-5-4-9(6-15,7(16)17)10(11,12)13/h14H,4-6H2,1-3H3,(H,16,17). The zero-order valence-corrected chi connectivity index (χ0v) is 12.1. The van der Waals surface area contributed by atoms with E-state index in [1.54, 1.807) is 0 Å². The van der Waals surface area contributed by atoms with Crippen molar-refractivity contribution in [1.29, 1.82) is 0 Å². The van der Waals surface area contributed by atoms with Gasteiger partial charge in [0.15, 0.2) is 5.41 Å². The Bertz CT molecular complexity index is 498. The molecule has 0 spiro atoms. The summed E-state index contributed by atoms with van der Waals surface area (Å²) in [5, 5.41) is 8.85. The topological polar surface area (TPSA) is 86.7 Å². The molecule has 0 aromatic rings. The van der Waals surface area contributed by atoms with Gasteiger partial charge in [-0.05, 0) is 27.2 Å². The number of alkyl halides is 3. The van der Waals surface area contributed by atoms with E-state index in [0.717, 1.165) is 0 Å². The maximum absolute atomic E-state index is 12.9. The fourth-order valence-electron chi connectivity index (χ4n) is 1.96. The third-order valence-electron chi connectivity index (χ3n) is 2.96. The number of rotatable bonds is 3. The van der Waals surface area contributed by atoms with Crippen molar-refractivity contribution in [3.05, 3.63) is 0 Å². The number of carboxylic acids is 1. The van der Waals surface area contributed by atoms with Crippen LogP contribution in [-0.4, -0.2) is 48.6 Å². The second-order valence-electron chi connectivity index (χ2n) is 5.83. The number of hydrogen-bond acceptors (Lipinski definition) is 3. The van der Waals surface area contributed by atoms with E-state index in [4.69, 9.17) is 5.11 Å². The summed E-state index contributed by atoms with van der Waals surface area (Å²) >= 11 is 0. The van der Waals surface area contributed by atoms with Gasteiger partial charge in [-0.2, -0.15) is 30.6 Å². The summed E-state index contributed by atoms with van der Waals surface area (Å²) in [6.45, 7) is 3.01. The molecule has 0 amide bonds. The van der Waals surface area contributed by atoms with Crippen molar-refractivity contribution in [2.24, 2.45) is 5.41 Å². The predicted octanol–water partition coefficient (Wildman–Crippen LogP) is 0.958. The smallest absolute Gasteiger partial charge is 0.406 e. The molecule has 2 N–H and O–H groups in total. The van der Waals surface area contributed by atoms with Gasteiger partial charge in [0.2, 0.25) is 0 Å². The molecule has 0 bridgehead atoms. The average molecular weight is 318 g/mol. The summed E-state index contributed by atoms with van der Waals surface area (Å²) in [6.07, 6.45) is -5.80. The van der Waals surface area contributed by atoms with Gasteiger partial charge < -0.3 is 5.11 Å². The van der Waals surface area contributed by atoms with E-state index in [2.05, 4.69) is 4.72 Å². The molecule has 0 aromatic carbocycles. The van der Waals surface area contributed by atoms with Crippen molar-refractivity contribution < 1.29 is 31.5 Å². The number of hydrogen-bond donors (Lipinski definition) is 2. The van der Waals surface area contributed by atoms with E-state index in [9.17, 15) is 26.4 Å². The molecule has 118 valence electrons. The third kappa shape index (κ3) is 3.23. The van der Waals surface area contributed by atoms with Crippen molar-refractivity contribution in [2.45, 2.75) is 38.9 Å². The van der Waals surface area contributed by atoms with Gasteiger partial charge in [0, 0.05) is 18.6 Å². The number of halogens is 3. The number of nitrogens with one attached hydrogen (secondary N) is 1. The summed E-state index contributed by atoms with van der Waals surface area (Å²) in [5.41, 5.74) is -3.91. The molecular formula is C10H17F3N2O4S. The fraction of sp³-hybridized carbons (Fsp3) is 0.900. The van der Waals surface area contributed by atoms with Crippen LogP contribution in [0.15, 0.2) is 0 Å². The first kappa shape index (κ1) is 17.2. The minimum absolute atomic E-state index is 0.489. The summed E-state index contributed by atoms with van der Waals surface area (Å²) in [5.74, 6) is -2.06. The largest absolute Gasteiger partial charge is 0.481 e. The van der Waals surface area contributed by atoms with Crippen molar-refractivity contribution in [1.82, 2.24) is 9.03 Å². The van der Waals surface area contributed by atoms with Crippen molar-refractivity contribution in [3.8, 4) is 0 Å². The summed E-state index contributed by atoms with van der Waals surface area (Å²) in [4.78, 5) is 11.0. The molecule has 1 heterocycles. The van der Waals surface area contributed by atoms with Crippen LogP contribution in [-0.2, 0) is 15.0 Å². The van der Waals surface area contributed by atoms with Crippen LogP contribution in [0.1, 0.15) is 27.2 Å². The number of aliphatic carboxylic acids is 1. The van der Waals surface area contributed by atoms with Gasteiger partial charge in [-0.25, -0.2) is 0 Å². The monoisotopic (exact) mass is 318 g/mol. The molecule has 1 aliphatic heterocycles. The zero-order chi connectivity index (χ0) is 16.0. The van der Waals surface area contributed by atoms with E-state index in [0.29, 0.717) is 4.31 Å². The highest BCUT2D eigenvalue weighted by molar-refractivity contribution is 7.87. The second-order valence-corrected chi connectivity index (χ2v) is 7.50. The highest BCUT2D eigenvalue weighted by Gasteiger charge is 2.65. The molecule has 1 saturated heterocycles. The average Bonchev–Trinajstić information content (AvgIpc) is 2.57. The Morgan fingerprint density at radius 3 is 2.10 bits per heavy atom. The first-order chi connectivity index (χ1) is 8.71. The molecule has 6 nitrogen and oxygen atoms in total. The number of carboxylic acid groups (broad SMARTS) is 1. The molecule has 10 heteroatoms. The Labute approximate surface area is 115 Å². The Kier molecular flexibility index (Phi) is 4.16. The Hall–Kier alpha value is -0.870. The van der Waals surface area contributed by atoms with Crippen LogP contribution in [0.5, 0.6) is 0 Å². The first-order valence-corrected chi connectivity index (χ1v) is 7.24. The molecular weight excluding hydrogens is 301 g/mol. The van der Waals surface area contributed by atoms with Gasteiger partial charge in [-0.1, -0.05) is 0 Å². The van der Waals surface area contributed by atoms with Crippen LogP contribution in [0.25, 0.3) is 0 Å². The van der Waals surface area contributed by atoms with Crippen molar-refractivity contribution in [2.75, 3.05) is 13.1 Å². The zero-order valence-electron chi connectivity index (χ0n) is 11.3. The van der Waals surface area contributed by atoms with Crippen LogP contribution in [0.3, 0.4) is 0 Å². The van der Waals surface area contributed by atoms with Crippen LogP contribution >= 0.6 is 0 Å². The third-order valence-corrected chi connectivity index (χ3v) is 4.82. The number of nitrogens with zero attached hydrogens (tertiary/aromatic N) is 1. The van der Waals surface area contributed by atoms with Crippen molar-refractivity contribution in [3.63, 3.8) is 0 Å². The minimum atomic E-state index is -5.01. The molecule has 20 heavy (non-hydrogen) atoms. The van der Waals surface area contributed by atoms with Crippen molar-refractivity contribution >= 4 is 16.2 Å². The van der Waals surface area contributed by atoms with E-state index in [1.165, 1.54) is 20.8 Å². The van der Waals surface area contributed by atoms with Gasteiger partial charge in [-0.15, -0.1) is 0 Å². The van der Waals surface area contributed by atoms with E-state index in [-0.39, 0.29) is 0 Å².